The Morgan fingerprint density at radius 2 is 1.72 bits per heavy atom. The number of hydrogen-bond acceptors (Lipinski definition) is 5. The number of nitrogens with zero attached hydrogens (tertiary/aromatic N) is 3. The summed E-state index contributed by atoms with van der Waals surface area (Å²) in [6.45, 7) is 15.6. The molecule has 0 amide bonds. The second-order valence-electron chi connectivity index (χ2n) is 8.55. The standard InChI is InChI=1S/C25H39N5O2/c1-6-23-22(24(7-2)32-29-23)14-28-25(26-8-3)27-13-20-9-11-21(12-10-20)17-30-15-18(4)31-19(5)16-30/h9-12,18-19H,6-8,13-17H2,1-5H3,(H2,26,27,28). The number of benzene rings is 1. The van der Waals surface area contributed by atoms with Crippen molar-refractivity contribution in [3.8, 4) is 0 Å². The number of morpholine rings is 1. The van der Waals surface area contributed by atoms with E-state index in [0.29, 0.717) is 25.3 Å². The van der Waals surface area contributed by atoms with Crippen LogP contribution in [-0.2, 0) is 37.2 Å². The van der Waals surface area contributed by atoms with Crippen LogP contribution in [-0.4, -0.2) is 47.9 Å². The summed E-state index contributed by atoms with van der Waals surface area (Å²) in [5.74, 6) is 1.75. The van der Waals surface area contributed by atoms with E-state index in [4.69, 9.17) is 14.3 Å². The van der Waals surface area contributed by atoms with Crippen LogP contribution in [0.1, 0.15) is 62.8 Å². The second-order valence-corrected chi connectivity index (χ2v) is 8.55. The van der Waals surface area contributed by atoms with Gasteiger partial charge in [-0.3, -0.25) is 4.90 Å². The van der Waals surface area contributed by atoms with Crippen molar-refractivity contribution in [1.29, 1.82) is 0 Å². The fourth-order valence-electron chi connectivity index (χ4n) is 4.24. The molecule has 1 aromatic heterocycles. The highest BCUT2D eigenvalue weighted by atomic mass is 16.5. The van der Waals surface area contributed by atoms with Crippen molar-refractivity contribution in [1.82, 2.24) is 20.7 Å². The lowest BCUT2D eigenvalue weighted by Gasteiger charge is -2.35. The monoisotopic (exact) mass is 441 g/mol. The summed E-state index contributed by atoms with van der Waals surface area (Å²) in [5, 5.41) is 11.0. The molecule has 2 atom stereocenters. The average Bonchev–Trinajstić information content (AvgIpc) is 3.18. The molecule has 7 heteroatoms. The summed E-state index contributed by atoms with van der Waals surface area (Å²) >= 11 is 0. The van der Waals surface area contributed by atoms with E-state index in [1.165, 1.54) is 11.1 Å². The van der Waals surface area contributed by atoms with Crippen LogP contribution in [0.4, 0.5) is 0 Å². The van der Waals surface area contributed by atoms with Crippen molar-refractivity contribution in [2.45, 2.75) is 79.3 Å². The van der Waals surface area contributed by atoms with Gasteiger partial charge in [0.15, 0.2) is 5.96 Å². The van der Waals surface area contributed by atoms with E-state index >= 15 is 0 Å². The lowest BCUT2D eigenvalue weighted by molar-refractivity contribution is -0.0704. The van der Waals surface area contributed by atoms with Gasteiger partial charge in [0.1, 0.15) is 5.76 Å². The average molecular weight is 442 g/mol. The first-order valence-electron chi connectivity index (χ1n) is 12.0. The molecule has 2 N–H and O–H groups in total. The quantitative estimate of drug-likeness (QED) is 0.457. The zero-order chi connectivity index (χ0) is 22.9. The van der Waals surface area contributed by atoms with E-state index in [2.05, 4.69) is 79.6 Å². The summed E-state index contributed by atoms with van der Waals surface area (Å²) in [6.07, 6.45) is 2.29. The van der Waals surface area contributed by atoms with Crippen LogP contribution in [0.2, 0.25) is 0 Å². The first-order valence-corrected chi connectivity index (χ1v) is 12.0. The van der Waals surface area contributed by atoms with Crippen molar-refractivity contribution < 1.29 is 9.26 Å². The number of hydrogen-bond donors (Lipinski definition) is 2. The van der Waals surface area contributed by atoms with Crippen molar-refractivity contribution in [3.63, 3.8) is 0 Å². The molecule has 1 aliphatic heterocycles. The Bertz CT molecular complexity index is 830. The molecule has 7 nitrogen and oxygen atoms in total. The molecule has 0 saturated carbocycles. The number of guanidine groups is 1. The van der Waals surface area contributed by atoms with E-state index in [9.17, 15) is 0 Å². The van der Waals surface area contributed by atoms with E-state index in [-0.39, 0.29) is 0 Å². The summed E-state index contributed by atoms with van der Waals surface area (Å²) in [7, 11) is 0. The summed E-state index contributed by atoms with van der Waals surface area (Å²) in [6, 6.07) is 8.79. The van der Waals surface area contributed by atoms with Crippen molar-refractivity contribution in [3.05, 3.63) is 52.4 Å². The van der Waals surface area contributed by atoms with E-state index in [1.807, 2.05) is 0 Å². The van der Waals surface area contributed by atoms with Gasteiger partial charge in [-0.25, -0.2) is 4.99 Å². The maximum absolute atomic E-state index is 5.84. The lowest BCUT2D eigenvalue weighted by Crippen LogP contribution is -2.44. The predicted molar refractivity (Wildman–Crippen MR) is 129 cm³/mol. The third kappa shape index (κ3) is 6.81. The Morgan fingerprint density at radius 3 is 2.34 bits per heavy atom. The molecule has 1 saturated heterocycles. The van der Waals surface area contributed by atoms with Crippen molar-refractivity contribution in [2.75, 3.05) is 19.6 Å². The Hall–Kier alpha value is -2.38. The minimum atomic E-state index is 0.295. The van der Waals surface area contributed by atoms with Crippen molar-refractivity contribution >= 4 is 5.96 Å². The van der Waals surface area contributed by atoms with E-state index < -0.39 is 0 Å². The maximum Gasteiger partial charge on any atom is 0.191 e. The smallest absolute Gasteiger partial charge is 0.191 e. The van der Waals surface area contributed by atoms with Crippen LogP contribution in [0.25, 0.3) is 0 Å². The summed E-state index contributed by atoms with van der Waals surface area (Å²) in [5.41, 5.74) is 4.69. The number of aromatic nitrogens is 1. The number of ether oxygens (including phenoxy) is 1. The molecule has 176 valence electrons. The van der Waals surface area contributed by atoms with Crippen LogP contribution in [0.15, 0.2) is 33.8 Å². The van der Waals surface area contributed by atoms with E-state index in [0.717, 1.165) is 62.0 Å². The molecule has 2 unspecified atom stereocenters. The van der Waals surface area contributed by atoms with E-state index in [1.54, 1.807) is 0 Å². The van der Waals surface area contributed by atoms with Crippen LogP contribution in [0.3, 0.4) is 0 Å². The van der Waals surface area contributed by atoms with Gasteiger partial charge in [-0.2, -0.15) is 0 Å². The van der Waals surface area contributed by atoms with Gasteiger partial charge in [0, 0.05) is 44.7 Å². The van der Waals surface area contributed by atoms with Gasteiger partial charge in [0.25, 0.3) is 0 Å². The molecular formula is C25H39N5O2. The number of aliphatic imine (C=N–C) groups is 1. The molecule has 0 aliphatic carbocycles. The van der Waals surface area contributed by atoms with Crippen LogP contribution in [0, 0.1) is 0 Å². The normalized spacial score (nSPS) is 19.8. The third-order valence-electron chi connectivity index (χ3n) is 5.73. The number of rotatable bonds is 9. The van der Waals surface area contributed by atoms with Crippen molar-refractivity contribution in [2.24, 2.45) is 4.99 Å². The molecule has 0 radical (unpaired) electrons. The minimum Gasteiger partial charge on any atom is -0.373 e. The SMILES string of the molecule is CCNC(=NCc1ccc(CN2CC(C)OC(C)C2)cc1)NCc1c(CC)noc1CC. The third-order valence-corrected chi connectivity index (χ3v) is 5.73. The molecule has 0 spiro atoms. The van der Waals surface area contributed by atoms with Gasteiger partial charge in [-0.05, 0) is 38.3 Å². The number of aryl methyl sites for hydroxylation is 2. The Morgan fingerprint density at radius 1 is 1.03 bits per heavy atom. The molecule has 32 heavy (non-hydrogen) atoms. The first-order chi connectivity index (χ1) is 15.5. The topological polar surface area (TPSA) is 74.9 Å². The van der Waals surface area contributed by atoms with Gasteiger partial charge in [-0.15, -0.1) is 0 Å². The summed E-state index contributed by atoms with van der Waals surface area (Å²) < 4.78 is 11.3. The molecule has 1 aliphatic rings. The van der Waals surface area contributed by atoms with Gasteiger partial charge < -0.3 is 19.9 Å². The van der Waals surface area contributed by atoms with Gasteiger partial charge in [0.05, 0.1) is 24.4 Å². The lowest BCUT2D eigenvalue weighted by atomic mass is 10.1. The van der Waals surface area contributed by atoms with Crippen LogP contribution >= 0.6 is 0 Å². The molecule has 2 heterocycles. The maximum atomic E-state index is 5.84. The zero-order valence-corrected chi connectivity index (χ0v) is 20.3. The fourth-order valence-corrected chi connectivity index (χ4v) is 4.24. The first kappa shape index (κ1) is 24.3. The molecule has 2 aromatic rings. The Kier molecular flexibility index (Phi) is 9.11. The van der Waals surface area contributed by atoms with Gasteiger partial charge >= 0.3 is 0 Å². The molecular weight excluding hydrogens is 402 g/mol. The molecule has 1 aromatic carbocycles. The summed E-state index contributed by atoms with van der Waals surface area (Å²) in [4.78, 5) is 7.25. The fraction of sp³-hybridized carbons (Fsp3) is 0.600. The predicted octanol–water partition coefficient (Wildman–Crippen LogP) is 3.66. The highest BCUT2D eigenvalue weighted by molar-refractivity contribution is 5.79. The van der Waals surface area contributed by atoms with Crippen LogP contribution in [0.5, 0.6) is 0 Å². The molecule has 1 fully saturated rings. The molecule has 0 bridgehead atoms. The Labute approximate surface area is 192 Å². The largest absolute Gasteiger partial charge is 0.373 e. The highest BCUT2D eigenvalue weighted by Crippen LogP contribution is 2.16. The Balaban J connectivity index is 1.57. The zero-order valence-electron chi connectivity index (χ0n) is 20.3. The number of nitrogens with one attached hydrogen (secondary N) is 2. The molecule has 3 rings (SSSR count). The highest BCUT2D eigenvalue weighted by Gasteiger charge is 2.22. The second kappa shape index (κ2) is 12.0. The minimum absolute atomic E-state index is 0.295. The van der Waals surface area contributed by atoms with Gasteiger partial charge in [-0.1, -0.05) is 43.3 Å². The van der Waals surface area contributed by atoms with Gasteiger partial charge in [0.2, 0.25) is 0 Å². The van der Waals surface area contributed by atoms with Crippen LogP contribution < -0.4 is 10.6 Å².